The molecule has 1 saturated heterocycles. The number of hydrogen-bond acceptors (Lipinski definition) is 2. The second-order valence-electron chi connectivity index (χ2n) is 4.26. The van der Waals surface area contributed by atoms with E-state index >= 15 is 0 Å². The van der Waals surface area contributed by atoms with Crippen LogP contribution in [0.4, 0.5) is 0 Å². The Hall–Kier alpha value is -0.0900. The Morgan fingerprint density at radius 3 is 2.46 bits per heavy atom. The van der Waals surface area contributed by atoms with Crippen LogP contribution < -0.4 is 4.72 Å². The number of rotatable bonds is 0. The second-order valence-corrected chi connectivity index (χ2v) is 6.19. The van der Waals surface area contributed by atoms with Crippen LogP contribution in [-0.4, -0.2) is 20.7 Å². The summed E-state index contributed by atoms with van der Waals surface area (Å²) in [6.07, 6.45) is 5.90. The van der Waals surface area contributed by atoms with Crippen LogP contribution in [0.3, 0.4) is 0 Å². The highest BCUT2D eigenvalue weighted by Gasteiger charge is 2.30. The molecule has 1 saturated carbocycles. The molecule has 2 rings (SSSR count). The summed E-state index contributed by atoms with van der Waals surface area (Å²) < 4.78 is 25.3. The Morgan fingerprint density at radius 1 is 1.00 bits per heavy atom. The van der Waals surface area contributed by atoms with Crippen molar-refractivity contribution in [3.63, 3.8) is 0 Å². The van der Waals surface area contributed by atoms with Gasteiger partial charge in [0.1, 0.15) is 0 Å². The number of hydrogen-bond donors (Lipinski definition) is 1. The van der Waals surface area contributed by atoms with Crippen molar-refractivity contribution >= 4 is 10.0 Å². The molecule has 0 amide bonds. The first kappa shape index (κ1) is 9.46. The molecule has 2 atom stereocenters. The van der Waals surface area contributed by atoms with Gasteiger partial charge < -0.3 is 0 Å². The van der Waals surface area contributed by atoms with E-state index in [1.165, 1.54) is 25.7 Å². The minimum Gasteiger partial charge on any atom is -0.215 e. The Kier molecular flexibility index (Phi) is 2.60. The number of nitrogens with one attached hydrogen (secondary N) is 1. The van der Waals surface area contributed by atoms with Gasteiger partial charge in [-0.25, -0.2) is 13.1 Å². The van der Waals surface area contributed by atoms with Gasteiger partial charge in [0.05, 0.1) is 5.75 Å². The third kappa shape index (κ3) is 2.23. The van der Waals surface area contributed by atoms with Crippen LogP contribution in [0.25, 0.3) is 0 Å². The summed E-state index contributed by atoms with van der Waals surface area (Å²) >= 11 is 0. The molecule has 2 aliphatic rings. The quantitative estimate of drug-likeness (QED) is 0.641. The maximum atomic E-state index is 11.3. The molecule has 1 aliphatic carbocycles. The van der Waals surface area contributed by atoms with Crippen molar-refractivity contribution in [2.75, 3.05) is 12.3 Å². The van der Waals surface area contributed by atoms with Gasteiger partial charge in [-0.2, -0.15) is 0 Å². The molecule has 4 heteroatoms. The summed E-state index contributed by atoms with van der Waals surface area (Å²) in [5.74, 6) is 1.62. The molecule has 3 nitrogen and oxygen atoms in total. The standard InChI is InChI=1S/C9H17NO2S/c11-13(12)6-5-8-3-1-2-4-9(8)7-10-13/h8-10H,1-7H2. The summed E-state index contributed by atoms with van der Waals surface area (Å²) in [5.41, 5.74) is 0. The predicted molar refractivity (Wildman–Crippen MR) is 51.9 cm³/mol. The van der Waals surface area contributed by atoms with E-state index in [0.29, 0.717) is 24.1 Å². The van der Waals surface area contributed by atoms with Crippen LogP contribution in [0.1, 0.15) is 32.1 Å². The zero-order valence-electron chi connectivity index (χ0n) is 7.83. The third-order valence-electron chi connectivity index (χ3n) is 3.39. The van der Waals surface area contributed by atoms with Crippen molar-refractivity contribution in [2.24, 2.45) is 11.8 Å². The number of fused-ring (bicyclic) bond motifs is 1. The monoisotopic (exact) mass is 203 g/mol. The Balaban J connectivity index is 2.07. The second kappa shape index (κ2) is 3.58. The van der Waals surface area contributed by atoms with E-state index in [0.717, 1.165) is 6.42 Å². The van der Waals surface area contributed by atoms with Crippen molar-refractivity contribution in [2.45, 2.75) is 32.1 Å². The van der Waals surface area contributed by atoms with Crippen LogP contribution in [0.5, 0.6) is 0 Å². The van der Waals surface area contributed by atoms with Crippen molar-refractivity contribution < 1.29 is 8.42 Å². The van der Waals surface area contributed by atoms with E-state index in [4.69, 9.17) is 0 Å². The zero-order chi connectivity index (χ0) is 9.31. The Bertz CT molecular complexity index is 251. The fourth-order valence-electron chi connectivity index (χ4n) is 2.55. The fraction of sp³-hybridized carbons (Fsp3) is 1.00. The highest BCUT2D eigenvalue weighted by atomic mass is 32.2. The van der Waals surface area contributed by atoms with Crippen LogP contribution in [0.2, 0.25) is 0 Å². The molecule has 2 unspecified atom stereocenters. The molecule has 0 aromatic rings. The highest BCUT2D eigenvalue weighted by Crippen LogP contribution is 2.33. The first-order valence-corrected chi connectivity index (χ1v) is 6.80. The fourth-order valence-corrected chi connectivity index (χ4v) is 3.77. The lowest BCUT2D eigenvalue weighted by molar-refractivity contribution is 0.239. The van der Waals surface area contributed by atoms with E-state index in [-0.39, 0.29) is 0 Å². The van der Waals surface area contributed by atoms with Gasteiger partial charge in [0.25, 0.3) is 0 Å². The van der Waals surface area contributed by atoms with Crippen molar-refractivity contribution in [3.05, 3.63) is 0 Å². The molecule has 1 aliphatic heterocycles. The van der Waals surface area contributed by atoms with Gasteiger partial charge in [-0.1, -0.05) is 19.3 Å². The summed E-state index contributed by atoms with van der Waals surface area (Å²) in [7, 11) is -2.93. The highest BCUT2D eigenvalue weighted by molar-refractivity contribution is 7.89. The predicted octanol–water partition coefficient (Wildman–Crippen LogP) is 1.12. The summed E-state index contributed by atoms with van der Waals surface area (Å²) in [4.78, 5) is 0. The maximum Gasteiger partial charge on any atom is 0.211 e. The number of sulfonamides is 1. The van der Waals surface area contributed by atoms with Gasteiger partial charge in [0.2, 0.25) is 10.0 Å². The average molecular weight is 203 g/mol. The molecule has 0 bridgehead atoms. The van der Waals surface area contributed by atoms with Crippen molar-refractivity contribution in [3.8, 4) is 0 Å². The van der Waals surface area contributed by atoms with Crippen LogP contribution in [-0.2, 0) is 10.0 Å². The van der Waals surface area contributed by atoms with E-state index in [2.05, 4.69) is 4.72 Å². The van der Waals surface area contributed by atoms with Gasteiger partial charge in [-0.3, -0.25) is 0 Å². The normalized spacial score (nSPS) is 39.1. The van der Waals surface area contributed by atoms with E-state index < -0.39 is 10.0 Å². The summed E-state index contributed by atoms with van der Waals surface area (Å²) in [6.45, 7) is 0.688. The summed E-state index contributed by atoms with van der Waals surface area (Å²) in [5, 5.41) is 0. The minimum absolute atomic E-state index is 0.341. The molecule has 0 aromatic carbocycles. The molecule has 0 spiro atoms. The van der Waals surface area contributed by atoms with Crippen molar-refractivity contribution in [1.82, 2.24) is 4.72 Å². The third-order valence-corrected chi connectivity index (χ3v) is 4.77. The lowest BCUT2D eigenvalue weighted by Gasteiger charge is -2.28. The van der Waals surface area contributed by atoms with Gasteiger partial charge in [0, 0.05) is 6.54 Å². The van der Waals surface area contributed by atoms with Crippen LogP contribution in [0.15, 0.2) is 0 Å². The molecule has 1 heterocycles. The summed E-state index contributed by atoms with van der Waals surface area (Å²) in [6, 6.07) is 0. The minimum atomic E-state index is -2.93. The van der Waals surface area contributed by atoms with Crippen molar-refractivity contribution in [1.29, 1.82) is 0 Å². The molecule has 0 radical (unpaired) electrons. The molecule has 13 heavy (non-hydrogen) atoms. The van der Waals surface area contributed by atoms with Gasteiger partial charge in [-0.05, 0) is 24.7 Å². The first-order chi connectivity index (χ1) is 6.17. The zero-order valence-corrected chi connectivity index (χ0v) is 8.65. The average Bonchev–Trinajstić information content (AvgIpc) is 2.27. The topological polar surface area (TPSA) is 46.2 Å². The van der Waals surface area contributed by atoms with E-state index in [1.54, 1.807) is 0 Å². The van der Waals surface area contributed by atoms with Gasteiger partial charge >= 0.3 is 0 Å². The van der Waals surface area contributed by atoms with Gasteiger partial charge in [-0.15, -0.1) is 0 Å². The lowest BCUT2D eigenvalue weighted by atomic mass is 9.78. The molecule has 1 N–H and O–H groups in total. The molecular formula is C9H17NO2S. The lowest BCUT2D eigenvalue weighted by Crippen LogP contribution is -2.29. The molecule has 76 valence electrons. The van der Waals surface area contributed by atoms with Crippen LogP contribution in [0, 0.1) is 11.8 Å². The van der Waals surface area contributed by atoms with Crippen LogP contribution >= 0.6 is 0 Å². The van der Waals surface area contributed by atoms with E-state index in [9.17, 15) is 8.42 Å². The SMILES string of the molecule is O=S1(=O)CCC2CCCCC2CN1. The Morgan fingerprint density at radius 2 is 1.69 bits per heavy atom. The Labute approximate surface area is 80.0 Å². The van der Waals surface area contributed by atoms with E-state index in [1.807, 2.05) is 0 Å². The van der Waals surface area contributed by atoms with Gasteiger partial charge in [0.15, 0.2) is 0 Å². The first-order valence-electron chi connectivity index (χ1n) is 5.15. The molecular weight excluding hydrogens is 186 g/mol. The molecule has 2 fully saturated rings. The maximum absolute atomic E-state index is 11.3. The smallest absolute Gasteiger partial charge is 0.211 e. The largest absolute Gasteiger partial charge is 0.215 e. The molecule has 0 aromatic heterocycles.